The minimum atomic E-state index is -3.66. The van der Waals surface area contributed by atoms with Crippen LogP contribution in [0.15, 0.2) is 6.07 Å². The number of unbranched alkanes of at least 4 members (excludes halogenated alkanes) is 1. The fourth-order valence-corrected chi connectivity index (χ4v) is 7.38. The Morgan fingerprint density at radius 1 is 1.13 bits per heavy atom. The molecule has 3 aliphatic rings. The lowest BCUT2D eigenvalue weighted by Gasteiger charge is -2.33. The van der Waals surface area contributed by atoms with Crippen LogP contribution in [0.25, 0.3) is 0 Å². The van der Waals surface area contributed by atoms with Crippen molar-refractivity contribution in [1.29, 1.82) is 5.26 Å². The number of hydrogen-bond donors (Lipinski definition) is 1. The van der Waals surface area contributed by atoms with Crippen LogP contribution >= 0.6 is 0 Å². The van der Waals surface area contributed by atoms with Crippen molar-refractivity contribution in [3.63, 3.8) is 0 Å². The van der Waals surface area contributed by atoms with E-state index in [1.54, 1.807) is 11.0 Å². The van der Waals surface area contributed by atoms with Crippen molar-refractivity contribution in [3.8, 4) is 6.07 Å². The number of pyridine rings is 1. The average molecular weight is 558 g/mol. The van der Waals surface area contributed by atoms with E-state index in [-0.39, 0.29) is 35.5 Å². The number of rotatable bonds is 11. The highest BCUT2D eigenvalue weighted by Gasteiger charge is 2.32. The second kappa shape index (κ2) is 12.9. The number of sulfonamides is 1. The van der Waals surface area contributed by atoms with E-state index in [1.165, 1.54) is 0 Å². The average Bonchev–Trinajstić information content (AvgIpc) is 3.57. The SMILES string of the molecule is CCCCC(=O)c1cc(C#N)c(N2CCC(C(=O)NS(=O)(=O)CC3CCCC3)CC2)nc1CN1CCCC1=O. The maximum absolute atomic E-state index is 13.0. The normalized spacial score (nSPS) is 18.9. The van der Waals surface area contributed by atoms with Crippen LogP contribution in [-0.2, 0) is 26.2 Å². The van der Waals surface area contributed by atoms with Gasteiger partial charge in [0.1, 0.15) is 11.9 Å². The van der Waals surface area contributed by atoms with E-state index in [9.17, 15) is 28.1 Å². The van der Waals surface area contributed by atoms with Crippen molar-refractivity contribution in [1.82, 2.24) is 14.6 Å². The molecule has 2 aliphatic heterocycles. The third-order valence-corrected chi connectivity index (χ3v) is 9.55. The molecule has 10 nitrogen and oxygen atoms in total. The number of carbonyl (C=O) groups is 3. The smallest absolute Gasteiger partial charge is 0.236 e. The summed E-state index contributed by atoms with van der Waals surface area (Å²) in [6.45, 7) is 3.69. The van der Waals surface area contributed by atoms with Crippen molar-refractivity contribution < 1.29 is 22.8 Å². The summed E-state index contributed by atoms with van der Waals surface area (Å²) in [5, 5.41) is 9.91. The highest BCUT2D eigenvalue weighted by molar-refractivity contribution is 7.90. The Balaban J connectivity index is 1.47. The van der Waals surface area contributed by atoms with Gasteiger partial charge in [0.15, 0.2) is 5.78 Å². The molecule has 39 heavy (non-hydrogen) atoms. The number of likely N-dealkylation sites (tertiary alicyclic amines) is 1. The third kappa shape index (κ3) is 7.35. The monoisotopic (exact) mass is 557 g/mol. The number of aromatic nitrogens is 1. The fourth-order valence-electron chi connectivity index (χ4n) is 5.87. The number of hydrogen-bond acceptors (Lipinski definition) is 8. The van der Waals surface area contributed by atoms with Gasteiger partial charge in [0.05, 0.1) is 23.6 Å². The number of nitriles is 1. The van der Waals surface area contributed by atoms with Crippen molar-refractivity contribution in [2.75, 3.05) is 30.3 Å². The van der Waals surface area contributed by atoms with E-state index >= 15 is 0 Å². The maximum Gasteiger partial charge on any atom is 0.236 e. The van der Waals surface area contributed by atoms with Gasteiger partial charge in [0.25, 0.3) is 0 Å². The lowest BCUT2D eigenvalue weighted by molar-refractivity contribution is -0.128. The molecular formula is C28H39N5O5S. The summed E-state index contributed by atoms with van der Waals surface area (Å²) in [4.78, 5) is 46.5. The molecule has 0 spiro atoms. The predicted octanol–water partition coefficient (Wildman–Crippen LogP) is 3.30. The highest BCUT2D eigenvalue weighted by Crippen LogP contribution is 2.29. The first kappa shape index (κ1) is 29.0. The minimum Gasteiger partial charge on any atom is -0.355 e. The Kier molecular flexibility index (Phi) is 9.59. The molecule has 1 aromatic heterocycles. The summed E-state index contributed by atoms with van der Waals surface area (Å²) in [5.74, 6) is -0.396. The topological polar surface area (TPSA) is 141 Å². The van der Waals surface area contributed by atoms with E-state index in [2.05, 4.69) is 10.8 Å². The van der Waals surface area contributed by atoms with E-state index in [0.717, 1.165) is 44.9 Å². The van der Waals surface area contributed by atoms with Crippen LogP contribution in [0.3, 0.4) is 0 Å². The Hall–Kier alpha value is -3.00. The number of piperidine rings is 1. The Morgan fingerprint density at radius 2 is 1.85 bits per heavy atom. The van der Waals surface area contributed by atoms with Crippen molar-refractivity contribution >= 4 is 33.4 Å². The second-order valence-corrected chi connectivity index (χ2v) is 12.8. The number of Topliss-reactive ketones (excluding diaryl/α,β-unsaturated/α-hetero) is 1. The Bertz CT molecular complexity index is 1230. The molecule has 4 rings (SSSR count). The second-order valence-electron chi connectivity index (χ2n) is 11.1. The van der Waals surface area contributed by atoms with E-state index in [4.69, 9.17) is 4.98 Å². The Morgan fingerprint density at radius 3 is 2.46 bits per heavy atom. The molecule has 11 heteroatoms. The third-order valence-electron chi connectivity index (χ3n) is 8.12. The summed E-state index contributed by atoms with van der Waals surface area (Å²) >= 11 is 0. The molecule has 1 aromatic rings. The first-order valence-corrected chi connectivity index (χ1v) is 15.9. The van der Waals surface area contributed by atoms with Gasteiger partial charge in [-0.2, -0.15) is 5.26 Å². The highest BCUT2D eigenvalue weighted by atomic mass is 32.2. The first-order valence-electron chi connectivity index (χ1n) is 14.2. The van der Waals surface area contributed by atoms with Crippen LogP contribution in [0, 0.1) is 23.2 Å². The number of amides is 2. The lowest BCUT2D eigenvalue weighted by atomic mass is 9.95. The minimum absolute atomic E-state index is 0.00133. The number of carbonyl (C=O) groups excluding carboxylic acids is 3. The molecule has 2 amide bonds. The molecule has 2 saturated heterocycles. The van der Waals surface area contributed by atoms with E-state index in [0.29, 0.717) is 62.4 Å². The summed E-state index contributed by atoms with van der Waals surface area (Å²) in [7, 11) is -3.66. The molecule has 0 unspecified atom stereocenters. The van der Waals surface area contributed by atoms with Gasteiger partial charge in [0, 0.05) is 44.0 Å². The van der Waals surface area contributed by atoms with Gasteiger partial charge >= 0.3 is 0 Å². The van der Waals surface area contributed by atoms with Crippen LogP contribution in [-0.4, -0.2) is 61.3 Å². The summed E-state index contributed by atoms with van der Waals surface area (Å²) < 4.78 is 27.3. The largest absolute Gasteiger partial charge is 0.355 e. The van der Waals surface area contributed by atoms with Crippen LogP contribution in [0.2, 0.25) is 0 Å². The summed E-state index contributed by atoms with van der Waals surface area (Å²) in [6, 6.07) is 3.78. The van der Waals surface area contributed by atoms with Gasteiger partial charge < -0.3 is 9.80 Å². The molecule has 0 radical (unpaired) electrons. The number of nitrogens with one attached hydrogen (secondary N) is 1. The molecular weight excluding hydrogens is 518 g/mol. The predicted molar refractivity (Wildman–Crippen MR) is 146 cm³/mol. The summed E-state index contributed by atoms with van der Waals surface area (Å²) in [6.07, 6.45) is 7.91. The van der Waals surface area contributed by atoms with Gasteiger partial charge in [-0.3, -0.25) is 19.1 Å². The van der Waals surface area contributed by atoms with Gasteiger partial charge in [0.2, 0.25) is 21.8 Å². The molecule has 1 aliphatic carbocycles. The zero-order valence-electron chi connectivity index (χ0n) is 22.8. The van der Waals surface area contributed by atoms with Crippen molar-refractivity contribution in [2.24, 2.45) is 11.8 Å². The zero-order chi connectivity index (χ0) is 28.0. The van der Waals surface area contributed by atoms with Crippen LogP contribution in [0.4, 0.5) is 5.82 Å². The lowest BCUT2D eigenvalue weighted by Crippen LogP contribution is -2.44. The van der Waals surface area contributed by atoms with Crippen molar-refractivity contribution in [3.05, 3.63) is 22.9 Å². The molecule has 0 aromatic carbocycles. The van der Waals surface area contributed by atoms with Crippen LogP contribution in [0.5, 0.6) is 0 Å². The van der Waals surface area contributed by atoms with E-state index in [1.807, 2.05) is 11.8 Å². The molecule has 1 saturated carbocycles. The first-order chi connectivity index (χ1) is 18.7. The van der Waals surface area contributed by atoms with Crippen LogP contribution < -0.4 is 9.62 Å². The quantitative estimate of drug-likeness (QED) is 0.409. The molecule has 3 fully saturated rings. The Labute approximate surface area is 231 Å². The number of ketones is 1. The van der Waals surface area contributed by atoms with Crippen molar-refractivity contribution in [2.45, 2.75) is 84.1 Å². The molecule has 0 atom stereocenters. The standard InChI is InChI=1S/C28H39N5O5S/c1-2-3-9-25(34)23-16-22(17-29)27(30-24(23)18-33-13-6-10-26(33)35)32-14-11-21(12-15-32)28(36)31-39(37,38)19-20-7-4-5-8-20/h16,20-21H,2-15,18-19H2,1H3,(H,31,36). The number of nitrogens with zero attached hydrogens (tertiary/aromatic N) is 4. The summed E-state index contributed by atoms with van der Waals surface area (Å²) in [5.41, 5.74) is 1.18. The van der Waals surface area contributed by atoms with E-state index < -0.39 is 21.8 Å². The van der Waals surface area contributed by atoms with Gasteiger partial charge in [-0.15, -0.1) is 0 Å². The molecule has 212 valence electrons. The molecule has 1 N–H and O–H groups in total. The zero-order valence-corrected chi connectivity index (χ0v) is 23.6. The maximum atomic E-state index is 13.0. The van der Waals surface area contributed by atoms with Gasteiger partial charge in [-0.05, 0) is 50.5 Å². The number of anilines is 1. The fraction of sp³-hybridized carbons (Fsp3) is 0.679. The van der Waals surface area contributed by atoms with Crippen LogP contribution in [0.1, 0.15) is 99.2 Å². The van der Waals surface area contributed by atoms with Gasteiger partial charge in [-0.1, -0.05) is 26.2 Å². The molecule has 3 heterocycles. The van der Waals surface area contributed by atoms with Gasteiger partial charge in [-0.25, -0.2) is 13.4 Å². The molecule has 0 bridgehead atoms.